The van der Waals surface area contributed by atoms with Gasteiger partial charge >= 0.3 is 6.41 Å². The molecule has 0 fully saturated rings. The maximum atomic E-state index is 10.3. The predicted octanol–water partition coefficient (Wildman–Crippen LogP) is 1.56. The van der Waals surface area contributed by atoms with Crippen LogP contribution in [0.4, 0.5) is 0 Å². The van der Waals surface area contributed by atoms with Crippen LogP contribution in [-0.2, 0) is 4.79 Å². The minimum atomic E-state index is 0.905. The summed E-state index contributed by atoms with van der Waals surface area (Å²) in [7, 11) is 0. The lowest BCUT2D eigenvalue weighted by Gasteiger charge is -1.90. The summed E-state index contributed by atoms with van der Waals surface area (Å²) in [6.07, 6.45) is 3.52. The molecule has 11 heavy (non-hydrogen) atoms. The Morgan fingerprint density at radius 3 is 2.82 bits per heavy atom. The zero-order valence-corrected chi connectivity index (χ0v) is 5.82. The summed E-state index contributed by atoms with van der Waals surface area (Å²) in [4.78, 5) is 10.3. The van der Waals surface area contributed by atoms with Crippen molar-refractivity contribution in [3.8, 4) is 0 Å². The fourth-order valence-electron chi connectivity index (χ4n) is 1.16. The van der Waals surface area contributed by atoms with Gasteiger partial charge in [-0.15, -0.1) is 0 Å². The quantitative estimate of drug-likeness (QED) is 0.595. The summed E-state index contributed by atoms with van der Waals surface area (Å²) >= 11 is 0. The van der Waals surface area contributed by atoms with Gasteiger partial charge in [0, 0.05) is 11.6 Å². The highest BCUT2D eigenvalue weighted by Crippen LogP contribution is 2.12. The minimum Gasteiger partial charge on any atom is -0.279 e. The Morgan fingerprint density at radius 1 is 1.18 bits per heavy atom. The molecular formula is C9H6NO. The monoisotopic (exact) mass is 144 g/mol. The van der Waals surface area contributed by atoms with Crippen LogP contribution >= 0.6 is 0 Å². The molecule has 2 aromatic rings. The molecule has 0 atom stereocenters. The van der Waals surface area contributed by atoms with Crippen LogP contribution < -0.4 is 0 Å². The maximum Gasteiger partial charge on any atom is 0.321 e. The Kier molecular flexibility index (Phi) is 1.25. The predicted molar refractivity (Wildman–Crippen MR) is 43.0 cm³/mol. The molecule has 1 aromatic heterocycles. The minimum absolute atomic E-state index is 0.905. The van der Waals surface area contributed by atoms with Gasteiger partial charge in [-0.1, -0.05) is 18.2 Å². The number of rotatable bonds is 1. The second kappa shape index (κ2) is 2.23. The summed E-state index contributed by atoms with van der Waals surface area (Å²) in [6, 6.07) is 9.58. The number of para-hydroxylation sites is 1. The Bertz CT molecular complexity index is 389. The van der Waals surface area contributed by atoms with Crippen molar-refractivity contribution >= 4 is 17.3 Å². The molecule has 0 saturated carbocycles. The molecule has 1 heterocycles. The average molecular weight is 144 g/mol. The molecule has 0 aliphatic rings. The van der Waals surface area contributed by atoms with Crippen molar-refractivity contribution in [1.82, 2.24) is 4.57 Å². The number of fused-ring (bicyclic) bond motifs is 1. The molecule has 0 aliphatic carbocycles. The number of carbonyl (C=O) groups excluding carboxylic acids is 1. The van der Waals surface area contributed by atoms with Gasteiger partial charge in [-0.2, -0.15) is 0 Å². The molecular weight excluding hydrogens is 138 g/mol. The van der Waals surface area contributed by atoms with Crippen LogP contribution in [0.2, 0.25) is 0 Å². The highest BCUT2D eigenvalue weighted by atomic mass is 16.1. The van der Waals surface area contributed by atoms with Gasteiger partial charge in [0.2, 0.25) is 0 Å². The van der Waals surface area contributed by atoms with Gasteiger partial charge in [-0.05, 0) is 12.1 Å². The highest BCUT2D eigenvalue weighted by Gasteiger charge is 1.96. The normalized spacial score (nSPS) is 10.2. The first-order valence-electron chi connectivity index (χ1n) is 3.36. The van der Waals surface area contributed by atoms with Gasteiger partial charge in [0.05, 0.1) is 5.52 Å². The third-order valence-electron chi connectivity index (χ3n) is 1.70. The zero-order valence-electron chi connectivity index (χ0n) is 5.82. The van der Waals surface area contributed by atoms with Gasteiger partial charge < -0.3 is 0 Å². The van der Waals surface area contributed by atoms with Crippen molar-refractivity contribution in [2.45, 2.75) is 0 Å². The van der Waals surface area contributed by atoms with E-state index in [4.69, 9.17) is 0 Å². The number of hydrogen-bond donors (Lipinski definition) is 0. The highest BCUT2D eigenvalue weighted by molar-refractivity contribution is 5.85. The SMILES string of the molecule is O=[C]n1ccc2ccccc21. The van der Waals surface area contributed by atoms with E-state index >= 15 is 0 Å². The molecule has 0 aliphatic heterocycles. The van der Waals surface area contributed by atoms with Crippen molar-refractivity contribution < 1.29 is 4.79 Å². The average Bonchev–Trinajstić information content (AvgIpc) is 2.47. The molecule has 2 nitrogen and oxygen atoms in total. The third-order valence-corrected chi connectivity index (χ3v) is 1.70. The van der Waals surface area contributed by atoms with E-state index in [-0.39, 0.29) is 0 Å². The molecule has 1 radical (unpaired) electrons. The van der Waals surface area contributed by atoms with Gasteiger partial charge in [-0.25, -0.2) is 0 Å². The van der Waals surface area contributed by atoms with Crippen molar-refractivity contribution in [2.75, 3.05) is 0 Å². The smallest absolute Gasteiger partial charge is 0.279 e. The topological polar surface area (TPSA) is 22.0 Å². The second-order valence-electron chi connectivity index (χ2n) is 2.34. The first kappa shape index (κ1) is 6.16. The molecule has 2 heteroatoms. The van der Waals surface area contributed by atoms with Crippen LogP contribution in [0.5, 0.6) is 0 Å². The number of benzene rings is 1. The lowest BCUT2D eigenvalue weighted by atomic mass is 10.2. The summed E-state index contributed by atoms with van der Waals surface area (Å²) < 4.78 is 1.44. The van der Waals surface area contributed by atoms with Crippen LogP contribution in [0.3, 0.4) is 0 Å². The molecule has 0 N–H and O–H groups in total. The van der Waals surface area contributed by atoms with Crippen molar-refractivity contribution in [2.24, 2.45) is 0 Å². The summed E-state index contributed by atoms with van der Waals surface area (Å²) in [5, 5.41) is 1.07. The van der Waals surface area contributed by atoms with Crippen molar-refractivity contribution in [3.63, 3.8) is 0 Å². The van der Waals surface area contributed by atoms with Crippen LogP contribution in [0.25, 0.3) is 10.9 Å². The summed E-state index contributed by atoms with van der Waals surface area (Å²) in [5.41, 5.74) is 0.905. The molecule has 0 spiro atoms. The Morgan fingerprint density at radius 2 is 2.00 bits per heavy atom. The second-order valence-corrected chi connectivity index (χ2v) is 2.34. The van der Waals surface area contributed by atoms with E-state index < -0.39 is 0 Å². The molecule has 0 saturated heterocycles. The number of hydrogen-bond acceptors (Lipinski definition) is 1. The zero-order chi connectivity index (χ0) is 7.68. The van der Waals surface area contributed by atoms with Crippen LogP contribution in [0.1, 0.15) is 0 Å². The molecule has 2 rings (SSSR count). The third kappa shape index (κ3) is 0.835. The van der Waals surface area contributed by atoms with E-state index in [2.05, 4.69) is 0 Å². The Balaban J connectivity index is 2.86. The first-order chi connectivity index (χ1) is 5.42. The largest absolute Gasteiger partial charge is 0.321 e. The van der Waals surface area contributed by atoms with E-state index in [1.54, 1.807) is 6.20 Å². The lowest BCUT2D eigenvalue weighted by molar-refractivity contribution is 0.549. The summed E-state index contributed by atoms with van der Waals surface area (Å²) in [6.45, 7) is 0. The van der Waals surface area contributed by atoms with E-state index in [9.17, 15) is 4.79 Å². The van der Waals surface area contributed by atoms with Crippen molar-refractivity contribution in [1.29, 1.82) is 0 Å². The molecule has 1 aromatic carbocycles. The van der Waals surface area contributed by atoms with E-state index in [1.165, 1.54) is 4.57 Å². The Hall–Kier alpha value is -1.57. The van der Waals surface area contributed by atoms with Gasteiger partial charge in [0.15, 0.2) is 0 Å². The number of nitrogens with zero attached hydrogens (tertiary/aromatic N) is 1. The lowest BCUT2D eigenvalue weighted by Crippen LogP contribution is -1.89. The van der Waals surface area contributed by atoms with Crippen LogP contribution in [0.15, 0.2) is 36.5 Å². The molecule has 0 amide bonds. The number of aromatic nitrogens is 1. The summed E-state index contributed by atoms with van der Waals surface area (Å²) in [5.74, 6) is 0. The van der Waals surface area contributed by atoms with Gasteiger partial charge in [-0.3, -0.25) is 9.36 Å². The van der Waals surface area contributed by atoms with Crippen molar-refractivity contribution in [3.05, 3.63) is 36.5 Å². The fraction of sp³-hybridized carbons (Fsp3) is 0. The fourth-order valence-corrected chi connectivity index (χ4v) is 1.16. The molecule has 53 valence electrons. The van der Waals surface area contributed by atoms with E-state index in [1.807, 2.05) is 36.7 Å². The van der Waals surface area contributed by atoms with Gasteiger partial charge in [0.25, 0.3) is 0 Å². The maximum absolute atomic E-state index is 10.3. The van der Waals surface area contributed by atoms with Gasteiger partial charge in [0.1, 0.15) is 0 Å². The Labute approximate surface area is 64.1 Å². The van der Waals surface area contributed by atoms with E-state index in [0.29, 0.717) is 0 Å². The van der Waals surface area contributed by atoms with Crippen LogP contribution in [-0.4, -0.2) is 11.0 Å². The molecule has 0 bridgehead atoms. The standard InChI is InChI=1S/C9H6NO/c11-7-10-6-5-8-3-1-2-4-9(8)10/h1-6H. The van der Waals surface area contributed by atoms with E-state index in [0.717, 1.165) is 10.9 Å². The van der Waals surface area contributed by atoms with Crippen LogP contribution in [0, 0.1) is 0 Å². The molecule has 0 unspecified atom stereocenters. The first-order valence-corrected chi connectivity index (χ1v) is 3.36.